The standard InChI is InChI=1S/C22H33NO8/c1-19(2)21(24)30-17-16-29-15-14-28-13-12-27-11-10-26-9-8-23-22(25)31-18-20-6-4-3-5-7-20/h3-7H,1,8-18H2,2H3,(H,23,25). The van der Waals surface area contributed by atoms with Gasteiger partial charge in [0, 0.05) is 12.1 Å². The second-order valence-corrected chi connectivity index (χ2v) is 6.35. The van der Waals surface area contributed by atoms with Gasteiger partial charge in [0.1, 0.15) is 13.2 Å². The highest BCUT2D eigenvalue weighted by atomic mass is 16.6. The predicted octanol–water partition coefficient (Wildman–Crippen LogP) is 2.10. The van der Waals surface area contributed by atoms with Crippen LogP contribution in [0.15, 0.2) is 42.5 Å². The summed E-state index contributed by atoms with van der Waals surface area (Å²) in [5.74, 6) is -0.418. The molecule has 174 valence electrons. The van der Waals surface area contributed by atoms with E-state index in [-0.39, 0.29) is 13.2 Å². The first-order valence-corrected chi connectivity index (χ1v) is 10.2. The fourth-order valence-electron chi connectivity index (χ4n) is 2.08. The van der Waals surface area contributed by atoms with E-state index in [2.05, 4.69) is 11.9 Å². The Kier molecular flexibility index (Phi) is 15.7. The molecule has 0 saturated heterocycles. The van der Waals surface area contributed by atoms with Crippen molar-refractivity contribution in [2.45, 2.75) is 13.5 Å². The number of carbonyl (C=O) groups is 2. The van der Waals surface area contributed by atoms with Crippen LogP contribution in [0.5, 0.6) is 0 Å². The molecule has 0 aliphatic carbocycles. The molecule has 31 heavy (non-hydrogen) atoms. The zero-order valence-corrected chi connectivity index (χ0v) is 18.1. The lowest BCUT2D eigenvalue weighted by atomic mass is 10.2. The van der Waals surface area contributed by atoms with Gasteiger partial charge in [0.2, 0.25) is 0 Å². The quantitative estimate of drug-likeness (QED) is 0.211. The van der Waals surface area contributed by atoms with E-state index in [1.165, 1.54) is 0 Å². The molecule has 1 aromatic carbocycles. The molecule has 0 unspecified atom stereocenters. The predicted molar refractivity (Wildman–Crippen MR) is 114 cm³/mol. The molecule has 9 heteroatoms. The second-order valence-electron chi connectivity index (χ2n) is 6.35. The Balaban J connectivity index is 1.76. The Morgan fingerprint density at radius 2 is 1.29 bits per heavy atom. The highest BCUT2D eigenvalue weighted by Crippen LogP contribution is 2.00. The molecular formula is C22H33NO8. The van der Waals surface area contributed by atoms with Crippen LogP contribution in [0.2, 0.25) is 0 Å². The largest absolute Gasteiger partial charge is 0.460 e. The lowest BCUT2D eigenvalue weighted by Crippen LogP contribution is -2.28. The van der Waals surface area contributed by atoms with Crippen molar-refractivity contribution < 1.29 is 38.0 Å². The van der Waals surface area contributed by atoms with Crippen LogP contribution in [0, 0.1) is 0 Å². The number of hydrogen-bond donors (Lipinski definition) is 1. The molecule has 1 N–H and O–H groups in total. The van der Waals surface area contributed by atoms with Crippen molar-refractivity contribution in [3.05, 3.63) is 48.0 Å². The summed E-state index contributed by atoms with van der Waals surface area (Å²) in [6.07, 6.45) is -0.474. The Morgan fingerprint density at radius 3 is 1.84 bits per heavy atom. The lowest BCUT2D eigenvalue weighted by molar-refractivity contribution is -0.140. The first-order chi connectivity index (χ1) is 15.1. The van der Waals surface area contributed by atoms with Gasteiger partial charge < -0.3 is 33.7 Å². The number of alkyl carbamates (subject to hydrolysis) is 1. The topological polar surface area (TPSA) is 102 Å². The minimum Gasteiger partial charge on any atom is -0.460 e. The van der Waals surface area contributed by atoms with E-state index < -0.39 is 12.1 Å². The number of carbonyl (C=O) groups excluding carboxylic acids is 2. The Morgan fingerprint density at radius 1 is 0.774 bits per heavy atom. The zero-order valence-electron chi connectivity index (χ0n) is 18.1. The van der Waals surface area contributed by atoms with Gasteiger partial charge in [-0.25, -0.2) is 9.59 Å². The molecule has 0 radical (unpaired) electrons. The average molecular weight is 440 g/mol. The van der Waals surface area contributed by atoms with Gasteiger partial charge in [-0.15, -0.1) is 0 Å². The van der Waals surface area contributed by atoms with Crippen molar-refractivity contribution in [3.8, 4) is 0 Å². The Hall–Kier alpha value is -2.46. The maximum atomic E-state index is 11.5. The summed E-state index contributed by atoms with van der Waals surface area (Å²) in [6, 6.07) is 9.47. The van der Waals surface area contributed by atoms with Crippen LogP contribution in [-0.2, 0) is 39.8 Å². The number of nitrogens with one attached hydrogen (secondary N) is 1. The first kappa shape index (κ1) is 26.6. The molecule has 0 heterocycles. The molecule has 0 bridgehead atoms. The Bertz CT molecular complexity index is 623. The van der Waals surface area contributed by atoms with Crippen molar-refractivity contribution in [1.82, 2.24) is 5.32 Å². The third-order valence-electron chi connectivity index (χ3n) is 3.65. The molecule has 0 aromatic heterocycles. The maximum absolute atomic E-state index is 11.5. The lowest BCUT2D eigenvalue weighted by Gasteiger charge is -2.09. The number of rotatable bonds is 18. The van der Waals surface area contributed by atoms with Crippen LogP contribution >= 0.6 is 0 Å². The first-order valence-electron chi connectivity index (χ1n) is 10.2. The van der Waals surface area contributed by atoms with Gasteiger partial charge in [0.15, 0.2) is 0 Å². The van der Waals surface area contributed by atoms with Crippen LogP contribution in [0.25, 0.3) is 0 Å². The van der Waals surface area contributed by atoms with E-state index in [9.17, 15) is 9.59 Å². The molecule has 0 saturated carbocycles. The van der Waals surface area contributed by atoms with Crippen molar-refractivity contribution in [2.75, 3.05) is 66.0 Å². The maximum Gasteiger partial charge on any atom is 0.407 e. The molecule has 0 atom stereocenters. The molecule has 0 aliphatic heterocycles. The number of hydrogen-bond acceptors (Lipinski definition) is 8. The van der Waals surface area contributed by atoms with E-state index in [1.807, 2.05) is 30.3 Å². The summed E-state index contributed by atoms with van der Waals surface area (Å²) in [5.41, 5.74) is 1.30. The van der Waals surface area contributed by atoms with Crippen molar-refractivity contribution >= 4 is 12.1 Å². The molecule has 0 spiro atoms. The zero-order chi connectivity index (χ0) is 22.6. The minimum atomic E-state index is -0.474. The normalized spacial score (nSPS) is 10.5. The van der Waals surface area contributed by atoms with Gasteiger partial charge in [0.05, 0.1) is 52.9 Å². The summed E-state index contributed by atoms with van der Waals surface area (Å²) < 4.78 is 31.3. The van der Waals surface area contributed by atoms with Crippen molar-refractivity contribution in [3.63, 3.8) is 0 Å². The number of amides is 1. The molecule has 1 amide bonds. The smallest absolute Gasteiger partial charge is 0.407 e. The van der Waals surface area contributed by atoms with E-state index in [4.69, 9.17) is 28.4 Å². The molecule has 1 aromatic rings. The highest BCUT2D eigenvalue weighted by Gasteiger charge is 2.02. The third-order valence-corrected chi connectivity index (χ3v) is 3.65. The molecule has 1 rings (SSSR count). The SMILES string of the molecule is C=C(C)C(=O)OCCOCCOCCOCCOCCNC(=O)OCc1ccccc1. The van der Waals surface area contributed by atoms with Crippen LogP contribution in [0.3, 0.4) is 0 Å². The molecule has 0 fully saturated rings. The number of esters is 1. The summed E-state index contributed by atoms with van der Waals surface area (Å²) >= 11 is 0. The van der Waals surface area contributed by atoms with Crippen molar-refractivity contribution in [1.29, 1.82) is 0 Å². The monoisotopic (exact) mass is 439 g/mol. The van der Waals surface area contributed by atoms with E-state index >= 15 is 0 Å². The van der Waals surface area contributed by atoms with E-state index in [0.29, 0.717) is 65.0 Å². The van der Waals surface area contributed by atoms with Crippen LogP contribution in [0.4, 0.5) is 4.79 Å². The number of ether oxygens (including phenoxy) is 6. The van der Waals surface area contributed by atoms with Gasteiger partial charge in [-0.05, 0) is 12.5 Å². The average Bonchev–Trinajstić information content (AvgIpc) is 2.77. The van der Waals surface area contributed by atoms with Gasteiger partial charge >= 0.3 is 12.1 Å². The second kappa shape index (κ2) is 18.3. The van der Waals surface area contributed by atoms with Gasteiger partial charge in [-0.1, -0.05) is 36.9 Å². The molecule has 0 aliphatic rings. The van der Waals surface area contributed by atoms with Gasteiger partial charge in [-0.2, -0.15) is 0 Å². The van der Waals surface area contributed by atoms with E-state index in [1.54, 1.807) is 6.92 Å². The fourth-order valence-corrected chi connectivity index (χ4v) is 2.08. The van der Waals surface area contributed by atoms with Crippen LogP contribution in [0.1, 0.15) is 12.5 Å². The Labute approximate surface area is 183 Å². The molecular weight excluding hydrogens is 406 g/mol. The third kappa shape index (κ3) is 16.0. The summed E-state index contributed by atoms with van der Waals surface area (Å²) in [4.78, 5) is 22.7. The highest BCUT2D eigenvalue weighted by molar-refractivity contribution is 5.86. The summed E-state index contributed by atoms with van der Waals surface area (Å²) in [7, 11) is 0. The summed E-state index contributed by atoms with van der Waals surface area (Å²) in [6.45, 7) is 9.16. The minimum absolute atomic E-state index is 0.194. The van der Waals surface area contributed by atoms with Gasteiger partial charge in [-0.3, -0.25) is 0 Å². The van der Waals surface area contributed by atoms with Gasteiger partial charge in [0.25, 0.3) is 0 Å². The number of benzene rings is 1. The van der Waals surface area contributed by atoms with Crippen molar-refractivity contribution in [2.24, 2.45) is 0 Å². The van der Waals surface area contributed by atoms with Crippen LogP contribution < -0.4 is 5.32 Å². The molecule has 9 nitrogen and oxygen atoms in total. The van der Waals surface area contributed by atoms with Crippen LogP contribution in [-0.4, -0.2) is 78.1 Å². The van der Waals surface area contributed by atoms with E-state index in [0.717, 1.165) is 5.56 Å². The fraction of sp³-hybridized carbons (Fsp3) is 0.545. The summed E-state index contributed by atoms with van der Waals surface area (Å²) in [5, 5.41) is 2.62.